The second-order valence-electron chi connectivity index (χ2n) is 8.47. The number of anilines is 2. The van der Waals surface area contributed by atoms with Gasteiger partial charge < -0.3 is 10.6 Å². The van der Waals surface area contributed by atoms with Crippen molar-refractivity contribution in [1.82, 2.24) is 19.9 Å². The summed E-state index contributed by atoms with van der Waals surface area (Å²) >= 11 is 0. The lowest BCUT2D eigenvalue weighted by Gasteiger charge is -2.18. The molecule has 1 aliphatic carbocycles. The number of benzene rings is 1. The van der Waals surface area contributed by atoms with E-state index >= 15 is 0 Å². The number of pyridine rings is 1. The highest BCUT2D eigenvalue weighted by Gasteiger charge is 2.33. The van der Waals surface area contributed by atoms with E-state index in [1.165, 1.54) is 24.3 Å². The summed E-state index contributed by atoms with van der Waals surface area (Å²) in [5.74, 6) is 0.453. The second-order valence-corrected chi connectivity index (χ2v) is 8.47. The number of alkyl halides is 6. The van der Waals surface area contributed by atoms with Crippen molar-refractivity contribution in [2.24, 2.45) is 5.92 Å². The second kappa shape index (κ2) is 9.31. The molecule has 2 atom stereocenters. The lowest BCUT2D eigenvalue weighted by atomic mass is 10.1. The van der Waals surface area contributed by atoms with Gasteiger partial charge >= 0.3 is 12.4 Å². The number of rotatable bonds is 7. The predicted octanol–water partition coefficient (Wildman–Crippen LogP) is 6.35. The van der Waals surface area contributed by atoms with Crippen LogP contribution in [0.25, 0.3) is 11.5 Å². The van der Waals surface area contributed by atoms with Crippen molar-refractivity contribution in [1.29, 1.82) is 0 Å². The zero-order valence-electron chi connectivity index (χ0n) is 18.7. The van der Waals surface area contributed by atoms with Gasteiger partial charge in [-0.3, -0.25) is 0 Å². The van der Waals surface area contributed by atoms with Gasteiger partial charge in [0.15, 0.2) is 5.82 Å². The van der Waals surface area contributed by atoms with E-state index in [9.17, 15) is 26.3 Å². The van der Waals surface area contributed by atoms with E-state index in [1.54, 1.807) is 6.92 Å². The van der Waals surface area contributed by atoms with Gasteiger partial charge in [-0.2, -0.15) is 41.3 Å². The summed E-state index contributed by atoms with van der Waals surface area (Å²) in [4.78, 5) is 16.4. The molecule has 35 heavy (non-hydrogen) atoms. The van der Waals surface area contributed by atoms with Crippen molar-refractivity contribution in [3.8, 4) is 11.5 Å². The summed E-state index contributed by atoms with van der Waals surface area (Å²) in [5.41, 5.74) is -1.67. The van der Waals surface area contributed by atoms with Crippen molar-refractivity contribution in [3.63, 3.8) is 0 Å². The minimum Gasteiger partial charge on any atom is -0.351 e. The maximum absolute atomic E-state index is 13.2. The summed E-state index contributed by atoms with van der Waals surface area (Å²) in [6.07, 6.45) is -7.07. The average Bonchev–Trinajstić information content (AvgIpc) is 3.64. The van der Waals surface area contributed by atoms with Crippen molar-refractivity contribution < 1.29 is 26.3 Å². The quantitative estimate of drug-likeness (QED) is 0.371. The van der Waals surface area contributed by atoms with Crippen molar-refractivity contribution in [2.45, 2.75) is 51.1 Å². The normalized spacial score (nSPS) is 16.0. The predicted molar refractivity (Wildman–Crippen MR) is 117 cm³/mol. The fourth-order valence-electron chi connectivity index (χ4n) is 3.52. The molecular weight excluding hydrogens is 474 g/mol. The van der Waals surface area contributed by atoms with Crippen molar-refractivity contribution in [3.05, 3.63) is 59.3 Å². The Hall–Kier alpha value is -3.44. The van der Waals surface area contributed by atoms with Crippen LogP contribution in [-0.4, -0.2) is 26.0 Å². The Morgan fingerprint density at radius 2 is 1.46 bits per heavy atom. The number of nitrogens with zero attached hydrogens (tertiary/aromatic N) is 4. The highest BCUT2D eigenvalue weighted by molar-refractivity contribution is 5.54. The van der Waals surface area contributed by atoms with Gasteiger partial charge in [-0.25, -0.2) is 4.98 Å². The fraction of sp³-hybridized carbons (Fsp3) is 0.391. The molecule has 0 saturated heterocycles. The molecule has 1 saturated carbocycles. The number of hydrogen-bond acceptors (Lipinski definition) is 6. The number of halogens is 6. The Labute approximate surface area is 197 Å². The first-order valence-corrected chi connectivity index (χ1v) is 10.9. The lowest BCUT2D eigenvalue weighted by Crippen LogP contribution is -2.21. The first-order chi connectivity index (χ1) is 16.4. The van der Waals surface area contributed by atoms with Gasteiger partial charge in [0.05, 0.1) is 11.6 Å². The molecule has 3 aromatic rings. The molecule has 0 aliphatic heterocycles. The van der Waals surface area contributed by atoms with Gasteiger partial charge in [0.25, 0.3) is 0 Å². The summed E-state index contributed by atoms with van der Waals surface area (Å²) in [6, 6.07) is 7.58. The molecule has 2 aromatic heterocycles. The summed E-state index contributed by atoms with van der Waals surface area (Å²) in [7, 11) is 0. The molecule has 12 heteroatoms. The molecule has 6 nitrogen and oxygen atoms in total. The minimum absolute atomic E-state index is 0.00961. The van der Waals surface area contributed by atoms with Gasteiger partial charge in [0.1, 0.15) is 11.4 Å². The number of nitrogens with one attached hydrogen (secondary N) is 2. The molecule has 0 amide bonds. The molecule has 1 unspecified atom stereocenters. The summed E-state index contributed by atoms with van der Waals surface area (Å²) in [5, 5.41) is 6.07. The summed E-state index contributed by atoms with van der Waals surface area (Å²) < 4.78 is 78.8. The molecule has 2 N–H and O–H groups in total. The van der Waals surface area contributed by atoms with E-state index in [4.69, 9.17) is 0 Å². The van der Waals surface area contributed by atoms with Gasteiger partial charge in [0, 0.05) is 6.04 Å². The third-order valence-corrected chi connectivity index (χ3v) is 5.65. The van der Waals surface area contributed by atoms with Gasteiger partial charge in [-0.15, -0.1) is 0 Å². The van der Waals surface area contributed by atoms with E-state index in [-0.39, 0.29) is 29.5 Å². The lowest BCUT2D eigenvalue weighted by molar-refractivity contribution is -0.141. The smallest absolute Gasteiger partial charge is 0.351 e. The Morgan fingerprint density at radius 3 is 2.09 bits per heavy atom. The highest BCUT2D eigenvalue weighted by Crippen LogP contribution is 2.34. The molecule has 1 aliphatic rings. The van der Waals surface area contributed by atoms with Gasteiger partial charge in [-0.05, 0) is 62.4 Å². The van der Waals surface area contributed by atoms with Crippen LogP contribution in [0.4, 0.5) is 38.2 Å². The van der Waals surface area contributed by atoms with Crippen LogP contribution < -0.4 is 10.6 Å². The van der Waals surface area contributed by atoms with E-state index in [1.807, 2.05) is 6.92 Å². The van der Waals surface area contributed by atoms with Crippen molar-refractivity contribution >= 4 is 11.9 Å². The monoisotopic (exact) mass is 496 g/mol. The molecule has 0 spiro atoms. The summed E-state index contributed by atoms with van der Waals surface area (Å²) in [6.45, 7) is 3.57. The van der Waals surface area contributed by atoms with Crippen LogP contribution in [0.15, 0.2) is 42.5 Å². The van der Waals surface area contributed by atoms with Crippen LogP contribution in [0.1, 0.15) is 49.6 Å². The number of hydrogen-bond donors (Lipinski definition) is 2. The van der Waals surface area contributed by atoms with Crippen LogP contribution >= 0.6 is 0 Å². The van der Waals surface area contributed by atoms with Crippen LogP contribution in [0, 0.1) is 5.92 Å². The maximum atomic E-state index is 13.2. The van der Waals surface area contributed by atoms with Crippen LogP contribution in [0.3, 0.4) is 0 Å². The van der Waals surface area contributed by atoms with Gasteiger partial charge in [-0.1, -0.05) is 18.2 Å². The molecule has 2 heterocycles. The Balaban J connectivity index is 1.67. The molecular formula is C23H22F6N6. The standard InChI is InChI=1S/C23H22F6N6/c1-12(14-9-10-14)30-20-33-19(17-7-4-8-18(32-17)23(27,28)29)34-21(35-20)31-13(2)15-5-3-6-16(11-15)22(24,25)26/h3-8,11-14H,9-10H2,1-2H3,(H2,30,31,33,34,35)/t12-,13?/m1/s1. The first-order valence-electron chi connectivity index (χ1n) is 10.9. The average molecular weight is 496 g/mol. The van der Waals surface area contributed by atoms with E-state index in [0.29, 0.717) is 11.5 Å². The van der Waals surface area contributed by atoms with E-state index in [0.717, 1.165) is 31.0 Å². The SMILES string of the molecule is CC(Nc1nc(N[C@H](C)C2CC2)nc(-c2cccc(C(F)(F)F)n2)n1)c1cccc(C(F)(F)F)c1. The Kier molecular flexibility index (Phi) is 6.56. The molecule has 1 fully saturated rings. The third-order valence-electron chi connectivity index (χ3n) is 5.65. The van der Waals surface area contributed by atoms with Crippen LogP contribution in [0.2, 0.25) is 0 Å². The first kappa shape index (κ1) is 24.7. The zero-order valence-corrected chi connectivity index (χ0v) is 18.7. The highest BCUT2D eigenvalue weighted by atomic mass is 19.4. The van der Waals surface area contributed by atoms with E-state index < -0.39 is 29.7 Å². The molecule has 4 rings (SSSR count). The number of aromatic nitrogens is 4. The van der Waals surface area contributed by atoms with E-state index in [2.05, 4.69) is 30.6 Å². The Morgan fingerprint density at radius 1 is 0.800 bits per heavy atom. The molecule has 1 aromatic carbocycles. The topological polar surface area (TPSA) is 75.6 Å². The fourth-order valence-corrected chi connectivity index (χ4v) is 3.52. The largest absolute Gasteiger partial charge is 0.433 e. The minimum atomic E-state index is -4.65. The third kappa shape index (κ3) is 6.17. The zero-order chi connectivity index (χ0) is 25.4. The molecule has 0 radical (unpaired) electrons. The van der Waals surface area contributed by atoms with Gasteiger partial charge in [0.2, 0.25) is 11.9 Å². The maximum Gasteiger partial charge on any atom is 0.433 e. The van der Waals surface area contributed by atoms with Crippen molar-refractivity contribution in [2.75, 3.05) is 10.6 Å². The van der Waals surface area contributed by atoms with Crippen LogP contribution in [-0.2, 0) is 12.4 Å². The molecule has 0 bridgehead atoms. The Bertz CT molecular complexity index is 1190. The molecule has 186 valence electrons. The van der Waals surface area contributed by atoms with Crippen LogP contribution in [0.5, 0.6) is 0 Å².